The Morgan fingerprint density at radius 3 is 2.46 bits per heavy atom. The van der Waals surface area contributed by atoms with Gasteiger partial charge in [0.25, 0.3) is 0 Å². The highest BCUT2D eigenvalue weighted by Crippen LogP contribution is 2.31. The Morgan fingerprint density at radius 2 is 1.62 bits per heavy atom. The zero-order chi connectivity index (χ0) is 16.8. The summed E-state index contributed by atoms with van der Waals surface area (Å²) >= 11 is 0. The van der Waals surface area contributed by atoms with E-state index in [1.54, 1.807) is 0 Å². The van der Waals surface area contributed by atoms with Gasteiger partial charge >= 0.3 is 0 Å². The number of hydrogen-bond acceptors (Lipinski definition) is 4. The second-order valence-corrected chi connectivity index (χ2v) is 7.15. The smallest absolute Gasteiger partial charge is 0.102 e. The summed E-state index contributed by atoms with van der Waals surface area (Å²) in [4.78, 5) is 0. The quantitative estimate of drug-likeness (QED) is 0.716. The Balaban J connectivity index is 1.64. The van der Waals surface area contributed by atoms with Crippen molar-refractivity contribution < 1.29 is 18.9 Å². The summed E-state index contributed by atoms with van der Waals surface area (Å²) in [5.41, 5.74) is 0. The van der Waals surface area contributed by atoms with Crippen LogP contribution in [0.1, 0.15) is 51.4 Å². The van der Waals surface area contributed by atoms with Gasteiger partial charge in [0.2, 0.25) is 0 Å². The molecule has 3 aliphatic heterocycles. The van der Waals surface area contributed by atoms with E-state index < -0.39 is 0 Å². The molecule has 3 saturated heterocycles. The van der Waals surface area contributed by atoms with Crippen LogP contribution in [0, 0.1) is 0 Å². The average Bonchev–Trinajstić information content (AvgIpc) is 2.60. The largest absolute Gasteiger partial charge is 0.376 e. The van der Waals surface area contributed by atoms with Gasteiger partial charge < -0.3 is 18.9 Å². The van der Waals surface area contributed by atoms with Gasteiger partial charge in [0.05, 0.1) is 30.5 Å². The molecule has 136 valence electrons. The molecule has 0 aromatic heterocycles. The highest BCUT2D eigenvalue weighted by Gasteiger charge is 2.36. The van der Waals surface area contributed by atoms with Crippen LogP contribution in [-0.4, -0.2) is 49.8 Å². The second-order valence-electron chi connectivity index (χ2n) is 7.15. The molecule has 0 unspecified atom stereocenters. The van der Waals surface area contributed by atoms with Crippen LogP contribution in [0.3, 0.4) is 0 Å². The van der Waals surface area contributed by atoms with Crippen LogP contribution in [0.5, 0.6) is 0 Å². The minimum Gasteiger partial charge on any atom is -0.376 e. The third-order valence-corrected chi connectivity index (χ3v) is 5.42. The maximum atomic E-state index is 6.51. The molecule has 0 bridgehead atoms. The van der Waals surface area contributed by atoms with E-state index in [1.165, 1.54) is 0 Å². The normalized spacial score (nSPS) is 40.8. The Morgan fingerprint density at radius 1 is 0.875 bits per heavy atom. The van der Waals surface area contributed by atoms with Crippen LogP contribution in [0.4, 0.5) is 0 Å². The fourth-order valence-corrected chi connectivity index (χ4v) is 4.14. The first-order valence-electron chi connectivity index (χ1n) is 9.59. The fraction of sp³-hybridized carbons (Fsp3) is 0.800. The summed E-state index contributed by atoms with van der Waals surface area (Å²) in [6.45, 7) is 9.54. The standard InChI is InChI=1S/C20H32O4/c1-3-8-16-19(11-6-13-21-16)24-18-10-5-9-17-20(12-7-14-22-17)23-15(18)4-2/h3-4,15-20H,1-2,5-14H2/t15-,16+,17-,18+,19-,20+/m1/s1. The minimum absolute atomic E-state index is 0.0596. The van der Waals surface area contributed by atoms with E-state index in [1.807, 2.05) is 12.2 Å². The van der Waals surface area contributed by atoms with Crippen LogP contribution in [0.25, 0.3) is 0 Å². The lowest BCUT2D eigenvalue weighted by Crippen LogP contribution is -2.47. The molecule has 3 aliphatic rings. The molecule has 0 aromatic rings. The molecule has 0 aromatic carbocycles. The Kier molecular flexibility index (Phi) is 6.90. The first-order valence-corrected chi connectivity index (χ1v) is 9.59. The third-order valence-electron chi connectivity index (χ3n) is 5.42. The van der Waals surface area contributed by atoms with Crippen molar-refractivity contribution >= 4 is 0 Å². The molecule has 6 atom stereocenters. The molecule has 0 spiro atoms. The van der Waals surface area contributed by atoms with Crippen LogP contribution in [0.2, 0.25) is 0 Å². The van der Waals surface area contributed by atoms with Crippen molar-refractivity contribution in [3.05, 3.63) is 25.3 Å². The third kappa shape index (κ3) is 4.48. The lowest BCUT2D eigenvalue weighted by Gasteiger charge is -2.41. The van der Waals surface area contributed by atoms with Gasteiger partial charge in [-0.2, -0.15) is 0 Å². The van der Waals surface area contributed by atoms with E-state index in [0.29, 0.717) is 0 Å². The molecule has 3 fully saturated rings. The van der Waals surface area contributed by atoms with E-state index in [9.17, 15) is 0 Å². The SMILES string of the molecule is C=CC[C@@H]1OCCC[C@H]1O[C@H]1CCC[C@H]2OCCC[C@@H]2O[C@@H]1C=C. The van der Waals surface area contributed by atoms with Crippen LogP contribution in [0.15, 0.2) is 25.3 Å². The maximum Gasteiger partial charge on any atom is 0.102 e. The molecule has 0 amide bonds. The zero-order valence-electron chi connectivity index (χ0n) is 14.7. The second kappa shape index (κ2) is 9.14. The van der Waals surface area contributed by atoms with E-state index >= 15 is 0 Å². The fourth-order valence-electron chi connectivity index (χ4n) is 4.14. The summed E-state index contributed by atoms with van der Waals surface area (Å²) in [6.07, 6.45) is 12.8. The predicted octanol–water partition coefficient (Wildman–Crippen LogP) is 3.80. The van der Waals surface area contributed by atoms with Gasteiger partial charge in [-0.05, 0) is 51.4 Å². The molecule has 4 nitrogen and oxygen atoms in total. The first-order chi connectivity index (χ1) is 11.8. The molecular formula is C20H32O4. The Hall–Kier alpha value is -0.680. The lowest BCUT2D eigenvalue weighted by atomic mass is 9.94. The summed E-state index contributed by atoms with van der Waals surface area (Å²) in [6, 6.07) is 0. The Labute approximate surface area is 146 Å². The van der Waals surface area contributed by atoms with Crippen molar-refractivity contribution in [1.82, 2.24) is 0 Å². The van der Waals surface area contributed by atoms with Gasteiger partial charge in [-0.25, -0.2) is 0 Å². The van der Waals surface area contributed by atoms with Gasteiger partial charge in [0, 0.05) is 13.2 Å². The molecule has 0 N–H and O–H groups in total. The minimum atomic E-state index is -0.0641. The zero-order valence-corrected chi connectivity index (χ0v) is 14.7. The van der Waals surface area contributed by atoms with Crippen molar-refractivity contribution in [3.63, 3.8) is 0 Å². The highest BCUT2D eigenvalue weighted by molar-refractivity contribution is 4.93. The lowest BCUT2D eigenvalue weighted by molar-refractivity contribution is -0.191. The number of rotatable bonds is 5. The predicted molar refractivity (Wildman–Crippen MR) is 94.1 cm³/mol. The number of fused-ring (bicyclic) bond motifs is 1. The molecule has 0 aliphatic carbocycles. The summed E-state index contributed by atoms with van der Waals surface area (Å²) in [5.74, 6) is 0. The van der Waals surface area contributed by atoms with Gasteiger partial charge in [0.1, 0.15) is 6.10 Å². The van der Waals surface area contributed by atoms with Crippen molar-refractivity contribution in [2.24, 2.45) is 0 Å². The van der Waals surface area contributed by atoms with Crippen molar-refractivity contribution in [2.45, 2.75) is 88.0 Å². The molecule has 4 heteroatoms. The molecule has 3 heterocycles. The number of hydrogen-bond donors (Lipinski definition) is 0. The van der Waals surface area contributed by atoms with Crippen LogP contribution >= 0.6 is 0 Å². The molecule has 0 radical (unpaired) electrons. The average molecular weight is 336 g/mol. The monoisotopic (exact) mass is 336 g/mol. The number of ether oxygens (including phenoxy) is 4. The summed E-state index contributed by atoms with van der Waals surface area (Å²) in [5, 5.41) is 0. The topological polar surface area (TPSA) is 36.9 Å². The molecule has 24 heavy (non-hydrogen) atoms. The van der Waals surface area contributed by atoms with Crippen LogP contribution < -0.4 is 0 Å². The maximum absolute atomic E-state index is 6.51. The first kappa shape index (κ1) is 18.1. The molecule has 0 saturated carbocycles. The Bertz CT molecular complexity index is 410. The molecule has 3 rings (SSSR count). The van der Waals surface area contributed by atoms with Crippen LogP contribution in [-0.2, 0) is 18.9 Å². The molecular weight excluding hydrogens is 304 g/mol. The van der Waals surface area contributed by atoms with Crippen molar-refractivity contribution in [2.75, 3.05) is 13.2 Å². The van der Waals surface area contributed by atoms with E-state index in [-0.39, 0.29) is 36.6 Å². The van der Waals surface area contributed by atoms with Gasteiger partial charge in [0.15, 0.2) is 0 Å². The summed E-state index contributed by atoms with van der Waals surface area (Å²) in [7, 11) is 0. The van der Waals surface area contributed by atoms with E-state index in [2.05, 4.69) is 13.2 Å². The summed E-state index contributed by atoms with van der Waals surface area (Å²) < 4.78 is 24.7. The van der Waals surface area contributed by atoms with Gasteiger partial charge in [-0.15, -0.1) is 13.2 Å². The van der Waals surface area contributed by atoms with Gasteiger partial charge in [-0.1, -0.05) is 12.2 Å². The van der Waals surface area contributed by atoms with Crippen molar-refractivity contribution in [1.29, 1.82) is 0 Å². The van der Waals surface area contributed by atoms with Crippen molar-refractivity contribution in [3.8, 4) is 0 Å². The van der Waals surface area contributed by atoms with Gasteiger partial charge in [-0.3, -0.25) is 0 Å². The highest BCUT2D eigenvalue weighted by atomic mass is 16.6. The van der Waals surface area contributed by atoms with E-state index in [0.717, 1.165) is 64.6 Å². The van der Waals surface area contributed by atoms with E-state index in [4.69, 9.17) is 18.9 Å².